The Morgan fingerprint density at radius 2 is 2.18 bits per heavy atom. The zero-order valence-electron chi connectivity index (χ0n) is 6.71. The quantitative estimate of drug-likeness (QED) is 0.523. The third-order valence-electron chi connectivity index (χ3n) is 3.81. The van der Waals surface area contributed by atoms with Crippen LogP contribution in [0.25, 0.3) is 0 Å². The van der Waals surface area contributed by atoms with Crippen molar-refractivity contribution in [1.82, 2.24) is 0 Å². The molecule has 1 nitrogen and oxygen atoms in total. The summed E-state index contributed by atoms with van der Waals surface area (Å²) in [6.45, 7) is 0. The summed E-state index contributed by atoms with van der Waals surface area (Å²) in [5.41, 5.74) is 3.38. The Bertz CT molecular complexity index is 229. The Labute approximate surface area is 67.1 Å². The van der Waals surface area contributed by atoms with Gasteiger partial charge in [0.15, 0.2) is 0 Å². The number of allylic oxidation sites excluding steroid dienone is 1. The van der Waals surface area contributed by atoms with Crippen molar-refractivity contribution in [2.75, 3.05) is 0 Å². The molecule has 3 rings (SSSR count). The highest BCUT2D eigenvalue weighted by Crippen LogP contribution is 2.54. The van der Waals surface area contributed by atoms with E-state index in [1.807, 2.05) is 0 Å². The molecule has 0 heterocycles. The second-order valence-corrected chi connectivity index (χ2v) is 4.27. The van der Waals surface area contributed by atoms with Crippen LogP contribution in [0.4, 0.5) is 0 Å². The van der Waals surface area contributed by atoms with Crippen LogP contribution in [-0.4, -0.2) is 11.2 Å². The van der Waals surface area contributed by atoms with Crippen LogP contribution in [0.2, 0.25) is 0 Å². The highest BCUT2D eigenvalue weighted by Gasteiger charge is 2.45. The van der Waals surface area contributed by atoms with Gasteiger partial charge in [0.05, 0.1) is 6.10 Å². The van der Waals surface area contributed by atoms with E-state index in [1.165, 1.54) is 25.7 Å². The van der Waals surface area contributed by atoms with E-state index in [-0.39, 0.29) is 6.10 Å². The van der Waals surface area contributed by atoms with Gasteiger partial charge in [-0.15, -0.1) is 0 Å². The molecule has 2 fully saturated rings. The average molecular weight is 150 g/mol. The fraction of sp³-hybridized carbons (Fsp3) is 0.800. The summed E-state index contributed by atoms with van der Waals surface area (Å²) in [4.78, 5) is 0. The number of hydrogen-bond donors (Lipinski definition) is 1. The summed E-state index contributed by atoms with van der Waals surface area (Å²) in [5.74, 6) is 1.45. The van der Waals surface area contributed by atoms with E-state index in [4.69, 9.17) is 0 Å². The minimum Gasteiger partial charge on any atom is -0.392 e. The van der Waals surface area contributed by atoms with E-state index < -0.39 is 0 Å². The molecule has 1 heteroatoms. The standard InChI is InChI=1S/C10H14O/c11-10-5-6-4-9(10)8-3-1-2-7(6)8/h8-11H,1-5H2. The molecule has 0 aliphatic heterocycles. The monoisotopic (exact) mass is 150 g/mol. The van der Waals surface area contributed by atoms with Crippen LogP contribution in [0.1, 0.15) is 32.1 Å². The van der Waals surface area contributed by atoms with Crippen molar-refractivity contribution < 1.29 is 5.11 Å². The van der Waals surface area contributed by atoms with E-state index in [1.54, 1.807) is 11.1 Å². The van der Waals surface area contributed by atoms with E-state index >= 15 is 0 Å². The highest BCUT2D eigenvalue weighted by molar-refractivity contribution is 5.33. The molecule has 0 radical (unpaired) electrons. The van der Waals surface area contributed by atoms with Crippen LogP contribution < -0.4 is 0 Å². The fourth-order valence-electron chi connectivity index (χ4n) is 3.36. The SMILES string of the molecule is OC1CC2=C3CCCC3C1C2. The molecule has 0 amide bonds. The third kappa shape index (κ3) is 0.652. The van der Waals surface area contributed by atoms with Gasteiger partial charge in [0.1, 0.15) is 0 Å². The summed E-state index contributed by atoms with van der Waals surface area (Å²) in [6.07, 6.45) is 6.37. The number of aliphatic hydroxyl groups excluding tert-OH is 1. The maximum Gasteiger partial charge on any atom is 0.0614 e. The molecule has 60 valence electrons. The van der Waals surface area contributed by atoms with Crippen molar-refractivity contribution in [2.24, 2.45) is 11.8 Å². The van der Waals surface area contributed by atoms with Gasteiger partial charge in [-0.2, -0.15) is 0 Å². The van der Waals surface area contributed by atoms with Crippen LogP contribution >= 0.6 is 0 Å². The summed E-state index contributed by atoms with van der Waals surface area (Å²) >= 11 is 0. The number of fused-ring (bicyclic) bond motifs is 4. The summed E-state index contributed by atoms with van der Waals surface area (Å²) in [7, 11) is 0. The van der Waals surface area contributed by atoms with Gasteiger partial charge < -0.3 is 5.11 Å². The topological polar surface area (TPSA) is 20.2 Å². The van der Waals surface area contributed by atoms with Gasteiger partial charge in [0.25, 0.3) is 0 Å². The zero-order chi connectivity index (χ0) is 7.42. The molecular weight excluding hydrogens is 136 g/mol. The van der Waals surface area contributed by atoms with E-state index in [0.29, 0.717) is 5.92 Å². The second kappa shape index (κ2) is 1.89. The average Bonchev–Trinajstić information content (AvgIpc) is 2.52. The van der Waals surface area contributed by atoms with Gasteiger partial charge in [-0.05, 0) is 43.9 Å². The van der Waals surface area contributed by atoms with E-state index in [0.717, 1.165) is 12.3 Å². The van der Waals surface area contributed by atoms with Crippen molar-refractivity contribution >= 4 is 0 Å². The van der Waals surface area contributed by atoms with Crippen LogP contribution in [0.5, 0.6) is 0 Å². The van der Waals surface area contributed by atoms with Crippen molar-refractivity contribution in [2.45, 2.75) is 38.2 Å². The second-order valence-electron chi connectivity index (χ2n) is 4.27. The first kappa shape index (κ1) is 6.24. The molecule has 3 aliphatic rings. The number of aliphatic hydroxyl groups is 1. The first-order valence-electron chi connectivity index (χ1n) is 4.75. The molecule has 0 spiro atoms. The number of hydrogen-bond acceptors (Lipinski definition) is 1. The molecule has 2 bridgehead atoms. The van der Waals surface area contributed by atoms with Crippen molar-refractivity contribution in [3.05, 3.63) is 11.1 Å². The highest BCUT2D eigenvalue weighted by atomic mass is 16.3. The van der Waals surface area contributed by atoms with Crippen molar-refractivity contribution in [3.8, 4) is 0 Å². The smallest absolute Gasteiger partial charge is 0.0614 e. The molecule has 0 aromatic carbocycles. The predicted molar refractivity (Wildman–Crippen MR) is 43.1 cm³/mol. The molecule has 3 unspecified atom stereocenters. The lowest BCUT2D eigenvalue weighted by Gasteiger charge is -2.22. The molecule has 0 saturated heterocycles. The predicted octanol–water partition coefficient (Wildman–Crippen LogP) is 1.87. The molecule has 11 heavy (non-hydrogen) atoms. The van der Waals surface area contributed by atoms with Gasteiger partial charge in [0.2, 0.25) is 0 Å². The molecule has 3 aliphatic carbocycles. The Morgan fingerprint density at radius 3 is 3.09 bits per heavy atom. The lowest BCUT2D eigenvalue weighted by molar-refractivity contribution is 0.107. The van der Waals surface area contributed by atoms with E-state index in [2.05, 4.69) is 0 Å². The minimum atomic E-state index is 0.0249. The molecular formula is C10H14O. The van der Waals surface area contributed by atoms with Gasteiger partial charge in [-0.1, -0.05) is 11.1 Å². The minimum absolute atomic E-state index is 0.0249. The van der Waals surface area contributed by atoms with E-state index in [9.17, 15) is 5.11 Å². The van der Waals surface area contributed by atoms with Crippen LogP contribution in [0.15, 0.2) is 11.1 Å². The Hall–Kier alpha value is -0.300. The largest absolute Gasteiger partial charge is 0.392 e. The summed E-state index contributed by atoms with van der Waals surface area (Å²) in [6, 6.07) is 0. The number of rotatable bonds is 0. The lowest BCUT2D eigenvalue weighted by Crippen LogP contribution is -2.22. The fourth-order valence-corrected chi connectivity index (χ4v) is 3.36. The Morgan fingerprint density at radius 1 is 1.27 bits per heavy atom. The zero-order valence-corrected chi connectivity index (χ0v) is 6.71. The molecule has 1 N–H and O–H groups in total. The maximum atomic E-state index is 9.63. The third-order valence-corrected chi connectivity index (χ3v) is 3.81. The van der Waals surface area contributed by atoms with Gasteiger partial charge in [-0.3, -0.25) is 0 Å². The van der Waals surface area contributed by atoms with Crippen LogP contribution in [0.3, 0.4) is 0 Å². The lowest BCUT2D eigenvalue weighted by atomic mass is 9.87. The molecule has 2 saturated carbocycles. The Kier molecular flexibility index (Phi) is 1.07. The van der Waals surface area contributed by atoms with Crippen molar-refractivity contribution in [1.29, 1.82) is 0 Å². The van der Waals surface area contributed by atoms with Gasteiger partial charge >= 0.3 is 0 Å². The Balaban J connectivity index is 2.04. The van der Waals surface area contributed by atoms with Crippen molar-refractivity contribution in [3.63, 3.8) is 0 Å². The summed E-state index contributed by atoms with van der Waals surface area (Å²) in [5, 5.41) is 9.63. The molecule has 0 aromatic heterocycles. The van der Waals surface area contributed by atoms with Crippen LogP contribution in [0, 0.1) is 11.8 Å². The first-order valence-corrected chi connectivity index (χ1v) is 4.75. The normalized spacial score (nSPS) is 47.2. The van der Waals surface area contributed by atoms with Gasteiger partial charge in [0, 0.05) is 0 Å². The molecule has 0 aromatic rings. The first-order chi connectivity index (χ1) is 5.36. The molecule has 3 atom stereocenters. The van der Waals surface area contributed by atoms with Gasteiger partial charge in [-0.25, -0.2) is 0 Å². The van der Waals surface area contributed by atoms with Crippen LogP contribution in [-0.2, 0) is 0 Å². The summed E-state index contributed by atoms with van der Waals surface area (Å²) < 4.78 is 0. The maximum absolute atomic E-state index is 9.63.